The lowest BCUT2D eigenvalue weighted by molar-refractivity contribution is 0.658. The normalized spacial score (nSPS) is 10.2. The fourth-order valence-corrected chi connectivity index (χ4v) is 0.303. The molecule has 0 atom stereocenters. The zero-order valence-corrected chi connectivity index (χ0v) is 5.39. The Hall–Kier alpha value is -1.56. The highest BCUT2D eigenvalue weighted by Crippen LogP contribution is 2.08. The molecule has 0 aliphatic rings. The molecule has 0 aromatic rings. The summed E-state index contributed by atoms with van der Waals surface area (Å²) in [6.45, 7) is 6.35. The average Bonchev–Trinajstić information content (AvgIpc) is 1.85. The van der Waals surface area contributed by atoms with Gasteiger partial charge in [-0.1, -0.05) is 13.2 Å². The Kier molecular flexibility index (Phi) is 2.92. The first-order chi connectivity index (χ1) is 4.57. The second-order valence-corrected chi connectivity index (χ2v) is 1.66. The number of hydrogen-bond donors (Lipinski definition) is 1. The highest BCUT2D eigenvalue weighted by molar-refractivity contribution is 5.37. The van der Waals surface area contributed by atoms with Crippen LogP contribution in [0.5, 0.6) is 0 Å². The Morgan fingerprint density at radius 3 is 2.40 bits per heavy atom. The Bertz CT molecular complexity index is 232. The minimum Gasteiger partial charge on any atom is -0.399 e. The number of rotatable bonds is 2. The van der Waals surface area contributed by atoms with Crippen molar-refractivity contribution < 1.29 is 4.39 Å². The van der Waals surface area contributed by atoms with Crippen LogP contribution in [0.25, 0.3) is 0 Å². The molecule has 0 spiro atoms. The Balaban J connectivity index is 4.38. The van der Waals surface area contributed by atoms with Crippen LogP contribution in [0, 0.1) is 11.3 Å². The summed E-state index contributed by atoms with van der Waals surface area (Å²) in [5, 5.41) is 8.12. The molecule has 3 heteroatoms. The van der Waals surface area contributed by atoms with E-state index in [-0.39, 0.29) is 11.3 Å². The molecule has 2 nitrogen and oxygen atoms in total. The van der Waals surface area contributed by atoms with E-state index in [1.165, 1.54) is 6.07 Å². The molecule has 10 heavy (non-hydrogen) atoms. The molecule has 0 unspecified atom stereocenters. The van der Waals surface area contributed by atoms with Crippen molar-refractivity contribution >= 4 is 0 Å². The number of nitrogens with zero attached hydrogens (tertiary/aromatic N) is 1. The molecule has 0 saturated carbocycles. The molecule has 0 heterocycles. The molecule has 0 radical (unpaired) electrons. The standard InChI is InChI=1S/C7H7FN2/c1-5(4-9)7(8)3-6(2)10/h3H,1-2,10H2/b7-3+. The number of hydrogen-bond acceptors (Lipinski definition) is 2. The van der Waals surface area contributed by atoms with Crippen molar-refractivity contribution in [3.63, 3.8) is 0 Å². The van der Waals surface area contributed by atoms with E-state index in [4.69, 9.17) is 11.0 Å². The Labute approximate surface area is 58.8 Å². The van der Waals surface area contributed by atoms with Gasteiger partial charge in [-0.05, 0) is 6.08 Å². The molecular weight excluding hydrogens is 131 g/mol. The molecule has 2 N–H and O–H groups in total. The molecule has 0 aliphatic carbocycles. The van der Waals surface area contributed by atoms with Gasteiger partial charge in [-0.25, -0.2) is 4.39 Å². The number of halogens is 1. The quantitative estimate of drug-likeness (QED) is 0.463. The third-order valence-corrected chi connectivity index (χ3v) is 0.735. The zero-order chi connectivity index (χ0) is 8.15. The summed E-state index contributed by atoms with van der Waals surface area (Å²) < 4.78 is 12.4. The third kappa shape index (κ3) is 2.68. The highest BCUT2D eigenvalue weighted by atomic mass is 19.1. The molecule has 0 aliphatic heterocycles. The van der Waals surface area contributed by atoms with Gasteiger partial charge in [0.25, 0.3) is 0 Å². The summed E-state index contributed by atoms with van der Waals surface area (Å²) in [7, 11) is 0. The summed E-state index contributed by atoms with van der Waals surface area (Å²) in [6, 6.07) is 1.54. The van der Waals surface area contributed by atoms with Gasteiger partial charge in [0.2, 0.25) is 0 Å². The topological polar surface area (TPSA) is 49.8 Å². The Morgan fingerprint density at radius 2 is 2.10 bits per heavy atom. The fourth-order valence-electron chi connectivity index (χ4n) is 0.303. The van der Waals surface area contributed by atoms with E-state index in [9.17, 15) is 4.39 Å². The van der Waals surface area contributed by atoms with Crippen molar-refractivity contribution in [2.75, 3.05) is 0 Å². The maximum absolute atomic E-state index is 12.4. The average molecular weight is 138 g/mol. The van der Waals surface area contributed by atoms with E-state index in [2.05, 4.69) is 13.2 Å². The summed E-state index contributed by atoms with van der Waals surface area (Å²) in [6.07, 6.45) is 0.950. The Morgan fingerprint density at radius 1 is 1.60 bits per heavy atom. The van der Waals surface area contributed by atoms with Crippen LogP contribution in [0.2, 0.25) is 0 Å². The minimum atomic E-state index is -0.741. The molecule has 52 valence electrons. The van der Waals surface area contributed by atoms with Crippen LogP contribution < -0.4 is 5.73 Å². The highest BCUT2D eigenvalue weighted by Gasteiger charge is 1.97. The van der Waals surface area contributed by atoms with Crippen molar-refractivity contribution in [2.45, 2.75) is 0 Å². The van der Waals surface area contributed by atoms with Gasteiger partial charge in [-0.3, -0.25) is 0 Å². The second kappa shape index (κ2) is 3.46. The predicted octanol–water partition coefficient (Wildman–Crippen LogP) is 1.39. The molecule has 0 saturated heterocycles. The van der Waals surface area contributed by atoms with Gasteiger partial charge in [0.1, 0.15) is 11.9 Å². The van der Waals surface area contributed by atoms with Crippen molar-refractivity contribution in [2.24, 2.45) is 5.73 Å². The monoisotopic (exact) mass is 138 g/mol. The van der Waals surface area contributed by atoms with Gasteiger partial charge in [0.15, 0.2) is 0 Å². The smallest absolute Gasteiger partial charge is 0.142 e. The minimum absolute atomic E-state index is 0.0638. The molecule has 0 amide bonds. The van der Waals surface area contributed by atoms with Crippen LogP contribution >= 0.6 is 0 Å². The molecular formula is C7H7FN2. The molecule has 0 fully saturated rings. The lowest BCUT2D eigenvalue weighted by atomic mass is 10.2. The first-order valence-electron chi connectivity index (χ1n) is 2.49. The molecule has 0 aromatic heterocycles. The van der Waals surface area contributed by atoms with Gasteiger partial charge < -0.3 is 5.73 Å². The van der Waals surface area contributed by atoms with Crippen LogP contribution in [0.3, 0.4) is 0 Å². The van der Waals surface area contributed by atoms with Crippen molar-refractivity contribution in [3.8, 4) is 6.07 Å². The number of nitrogens with two attached hydrogens (primary N) is 1. The largest absolute Gasteiger partial charge is 0.399 e. The van der Waals surface area contributed by atoms with Crippen molar-refractivity contribution in [1.82, 2.24) is 0 Å². The van der Waals surface area contributed by atoms with Gasteiger partial charge >= 0.3 is 0 Å². The second-order valence-electron chi connectivity index (χ2n) is 1.66. The van der Waals surface area contributed by atoms with Crippen LogP contribution in [0.4, 0.5) is 4.39 Å². The van der Waals surface area contributed by atoms with E-state index in [1.54, 1.807) is 0 Å². The lowest BCUT2D eigenvalue weighted by Gasteiger charge is -1.89. The maximum Gasteiger partial charge on any atom is 0.142 e. The fraction of sp³-hybridized carbons (Fsp3) is 0. The summed E-state index contributed by atoms with van der Waals surface area (Å²) in [5.74, 6) is -0.741. The maximum atomic E-state index is 12.4. The van der Waals surface area contributed by atoms with Gasteiger partial charge in [0, 0.05) is 5.70 Å². The van der Waals surface area contributed by atoms with E-state index < -0.39 is 5.83 Å². The van der Waals surface area contributed by atoms with Crippen molar-refractivity contribution in [1.29, 1.82) is 5.26 Å². The van der Waals surface area contributed by atoms with E-state index >= 15 is 0 Å². The third-order valence-electron chi connectivity index (χ3n) is 0.735. The first kappa shape index (κ1) is 8.44. The van der Waals surface area contributed by atoms with E-state index in [1.807, 2.05) is 0 Å². The molecule has 0 rings (SSSR count). The van der Waals surface area contributed by atoms with Crippen LogP contribution in [0.15, 0.2) is 36.3 Å². The number of nitriles is 1. The van der Waals surface area contributed by atoms with Crippen LogP contribution in [0.1, 0.15) is 0 Å². The predicted molar refractivity (Wildman–Crippen MR) is 37.3 cm³/mol. The summed E-state index contributed by atoms with van der Waals surface area (Å²) in [5.41, 5.74) is 4.84. The summed E-state index contributed by atoms with van der Waals surface area (Å²) >= 11 is 0. The van der Waals surface area contributed by atoms with Crippen LogP contribution in [-0.2, 0) is 0 Å². The summed E-state index contributed by atoms with van der Waals surface area (Å²) in [4.78, 5) is 0. The zero-order valence-electron chi connectivity index (χ0n) is 5.39. The van der Waals surface area contributed by atoms with E-state index in [0.29, 0.717) is 0 Å². The first-order valence-corrected chi connectivity index (χ1v) is 2.49. The van der Waals surface area contributed by atoms with Gasteiger partial charge in [-0.15, -0.1) is 0 Å². The molecule has 0 aromatic carbocycles. The van der Waals surface area contributed by atoms with Crippen molar-refractivity contribution in [3.05, 3.63) is 36.3 Å². The van der Waals surface area contributed by atoms with Gasteiger partial charge in [0.05, 0.1) is 5.57 Å². The lowest BCUT2D eigenvalue weighted by Crippen LogP contribution is -1.90. The SMILES string of the molecule is C=C(N)/C=C(/F)C(=C)C#N. The van der Waals surface area contributed by atoms with Gasteiger partial charge in [-0.2, -0.15) is 5.26 Å². The number of allylic oxidation sites excluding steroid dienone is 3. The van der Waals surface area contributed by atoms with E-state index in [0.717, 1.165) is 6.08 Å². The van der Waals surface area contributed by atoms with Crippen LogP contribution in [-0.4, -0.2) is 0 Å². The molecule has 0 bridgehead atoms.